The molecule has 0 radical (unpaired) electrons. The van der Waals surface area contributed by atoms with E-state index in [1.165, 1.54) is 11.3 Å². The molecule has 1 aliphatic rings. The summed E-state index contributed by atoms with van der Waals surface area (Å²) in [6, 6.07) is 1.80. The van der Waals surface area contributed by atoms with Gasteiger partial charge in [0.25, 0.3) is 0 Å². The molecule has 1 fully saturated rings. The molecule has 4 heteroatoms. The van der Waals surface area contributed by atoms with E-state index in [-0.39, 0.29) is 11.2 Å². The Bertz CT molecular complexity index is 343. The maximum Gasteiger partial charge on any atom is 0.173 e. The minimum atomic E-state index is -0.231. The van der Waals surface area contributed by atoms with Gasteiger partial charge in [-0.05, 0) is 18.4 Å². The molecule has 0 bridgehead atoms. The number of Topliss-reactive ketones (excluding diaryl/α,β-unsaturated/α-hetero) is 1. The molecule has 1 aromatic heterocycles. The maximum atomic E-state index is 11.9. The highest BCUT2D eigenvalue weighted by atomic mass is 35.5. The van der Waals surface area contributed by atoms with Crippen LogP contribution in [0.4, 0.5) is 0 Å². The molecule has 2 nitrogen and oxygen atoms in total. The predicted molar refractivity (Wildman–Crippen MR) is 54.6 cm³/mol. The van der Waals surface area contributed by atoms with E-state index in [4.69, 9.17) is 11.6 Å². The second-order valence-corrected chi connectivity index (χ2v) is 5.12. The Morgan fingerprint density at radius 1 is 1.69 bits per heavy atom. The Kier molecular flexibility index (Phi) is 2.18. The van der Waals surface area contributed by atoms with Gasteiger partial charge in [-0.15, -0.1) is 11.3 Å². The quantitative estimate of drug-likeness (QED) is 0.767. The van der Waals surface area contributed by atoms with Crippen molar-refractivity contribution in [3.8, 4) is 0 Å². The first-order valence-corrected chi connectivity index (χ1v) is 5.38. The zero-order valence-corrected chi connectivity index (χ0v) is 8.84. The lowest BCUT2D eigenvalue weighted by molar-refractivity contribution is 0.0722. The van der Waals surface area contributed by atoms with Crippen molar-refractivity contribution in [2.75, 3.05) is 13.1 Å². The molecule has 0 aliphatic carbocycles. The van der Waals surface area contributed by atoms with Gasteiger partial charge in [-0.3, -0.25) is 4.79 Å². The van der Waals surface area contributed by atoms with Gasteiger partial charge in [0.05, 0.1) is 5.41 Å². The molecule has 1 saturated heterocycles. The van der Waals surface area contributed by atoms with Crippen molar-refractivity contribution >= 4 is 28.7 Å². The van der Waals surface area contributed by atoms with Gasteiger partial charge in [-0.2, -0.15) is 0 Å². The average Bonchev–Trinajstić information content (AvgIpc) is 2.46. The summed E-state index contributed by atoms with van der Waals surface area (Å²) in [6.45, 7) is 3.50. The van der Waals surface area contributed by atoms with Crippen molar-refractivity contribution in [1.29, 1.82) is 0 Å². The first-order chi connectivity index (χ1) is 6.13. The molecular weight excluding hydrogens is 206 g/mol. The van der Waals surface area contributed by atoms with Crippen molar-refractivity contribution in [3.63, 3.8) is 0 Å². The topological polar surface area (TPSA) is 29.1 Å². The van der Waals surface area contributed by atoms with Crippen LogP contribution in [-0.4, -0.2) is 18.9 Å². The second-order valence-electron chi connectivity index (χ2n) is 3.60. The van der Waals surface area contributed by atoms with Crippen molar-refractivity contribution in [2.45, 2.75) is 6.92 Å². The average molecular weight is 216 g/mol. The fourth-order valence-electron chi connectivity index (χ4n) is 1.44. The molecule has 2 rings (SSSR count). The van der Waals surface area contributed by atoms with E-state index >= 15 is 0 Å². The van der Waals surface area contributed by atoms with Gasteiger partial charge in [0.15, 0.2) is 5.78 Å². The van der Waals surface area contributed by atoms with Gasteiger partial charge in [0.2, 0.25) is 0 Å². The van der Waals surface area contributed by atoms with E-state index < -0.39 is 0 Å². The lowest BCUT2D eigenvalue weighted by Crippen LogP contribution is -2.56. The van der Waals surface area contributed by atoms with Crippen LogP contribution in [-0.2, 0) is 0 Å². The fraction of sp³-hybridized carbons (Fsp3) is 0.444. The summed E-state index contributed by atoms with van der Waals surface area (Å²) in [4.78, 5) is 11.9. The minimum absolute atomic E-state index is 0.164. The van der Waals surface area contributed by atoms with Crippen molar-refractivity contribution in [1.82, 2.24) is 5.32 Å². The van der Waals surface area contributed by atoms with E-state index in [1.54, 1.807) is 6.07 Å². The number of halogens is 1. The van der Waals surface area contributed by atoms with E-state index in [0.717, 1.165) is 13.1 Å². The molecule has 13 heavy (non-hydrogen) atoms. The normalized spacial score (nSPS) is 19.5. The van der Waals surface area contributed by atoms with Crippen LogP contribution >= 0.6 is 22.9 Å². The molecule has 2 heterocycles. The summed E-state index contributed by atoms with van der Waals surface area (Å²) in [5, 5.41) is 4.96. The molecule has 0 unspecified atom stereocenters. The van der Waals surface area contributed by atoms with Crippen LogP contribution in [0.1, 0.15) is 17.3 Å². The summed E-state index contributed by atoms with van der Waals surface area (Å²) >= 11 is 7.31. The van der Waals surface area contributed by atoms with Gasteiger partial charge in [-0.25, -0.2) is 0 Å². The number of rotatable bonds is 2. The van der Waals surface area contributed by atoms with Crippen LogP contribution in [0.15, 0.2) is 11.4 Å². The zero-order chi connectivity index (χ0) is 9.47. The van der Waals surface area contributed by atoms with E-state index in [0.29, 0.717) is 9.90 Å². The number of hydrogen-bond acceptors (Lipinski definition) is 3. The summed E-state index contributed by atoms with van der Waals surface area (Å²) in [7, 11) is 0. The highest BCUT2D eigenvalue weighted by Crippen LogP contribution is 2.32. The number of hydrogen-bond donors (Lipinski definition) is 1. The highest BCUT2D eigenvalue weighted by Gasteiger charge is 2.40. The monoisotopic (exact) mass is 215 g/mol. The lowest BCUT2D eigenvalue weighted by Gasteiger charge is -2.37. The van der Waals surface area contributed by atoms with E-state index in [9.17, 15) is 4.79 Å². The van der Waals surface area contributed by atoms with Crippen LogP contribution in [0.5, 0.6) is 0 Å². The second kappa shape index (κ2) is 3.08. The Morgan fingerprint density at radius 2 is 2.38 bits per heavy atom. The Labute approximate surface area is 85.9 Å². The van der Waals surface area contributed by atoms with Gasteiger partial charge >= 0.3 is 0 Å². The van der Waals surface area contributed by atoms with Gasteiger partial charge in [-0.1, -0.05) is 11.6 Å². The first-order valence-electron chi connectivity index (χ1n) is 4.12. The molecule has 1 N–H and O–H groups in total. The van der Waals surface area contributed by atoms with Gasteiger partial charge in [0.1, 0.15) is 4.34 Å². The zero-order valence-electron chi connectivity index (χ0n) is 7.26. The maximum absolute atomic E-state index is 11.9. The third-order valence-corrected chi connectivity index (χ3v) is 3.61. The fourth-order valence-corrected chi connectivity index (χ4v) is 2.36. The van der Waals surface area contributed by atoms with Crippen LogP contribution in [0.2, 0.25) is 4.34 Å². The molecular formula is C9H10ClNOS. The summed E-state index contributed by atoms with van der Waals surface area (Å²) < 4.78 is 0.609. The molecule has 0 spiro atoms. The van der Waals surface area contributed by atoms with Crippen molar-refractivity contribution < 1.29 is 4.79 Å². The highest BCUT2D eigenvalue weighted by molar-refractivity contribution is 7.14. The first kappa shape index (κ1) is 9.19. The Balaban J connectivity index is 2.27. The summed E-state index contributed by atoms with van der Waals surface area (Å²) in [5.74, 6) is 0.164. The minimum Gasteiger partial charge on any atom is -0.315 e. The number of nitrogens with one attached hydrogen (secondary N) is 1. The van der Waals surface area contributed by atoms with Crippen LogP contribution < -0.4 is 5.32 Å². The Morgan fingerprint density at radius 3 is 2.77 bits per heavy atom. The molecule has 0 amide bonds. The largest absolute Gasteiger partial charge is 0.315 e. The van der Waals surface area contributed by atoms with Crippen LogP contribution in [0.3, 0.4) is 0 Å². The smallest absolute Gasteiger partial charge is 0.173 e. The van der Waals surface area contributed by atoms with E-state index in [1.807, 2.05) is 12.3 Å². The number of ketones is 1. The van der Waals surface area contributed by atoms with Crippen LogP contribution in [0, 0.1) is 5.41 Å². The number of thiophene rings is 1. The summed E-state index contributed by atoms with van der Waals surface area (Å²) in [5.41, 5.74) is 0.445. The van der Waals surface area contributed by atoms with Gasteiger partial charge < -0.3 is 5.32 Å². The molecule has 0 atom stereocenters. The number of carbonyl (C=O) groups excluding carboxylic acids is 1. The molecule has 1 aromatic rings. The molecule has 0 aromatic carbocycles. The SMILES string of the molecule is CC1(C(=O)c2ccsc2Cl)CNC1. The van der Waals surface area contributed by atoms with Gasteiger partial charge in [0, 0.05) is 18.7 Å². The molecule has 1 aliphatic heterocycles. The third-order valence-electron chi connectivity index (χ3n) is 2.44. The summed E-state index contributed by atoms with van der Waals surface area (Å²) in [6.07, 6.45) is 0. The lowest BCUT2D eigenvalue weighted by atomic mass is 9.78. The predicted octanol–water partition coefficient (Wildman–Crippen LogP) is 2.19. The molecule has 0 saturated carbocycles. The van der Waals surface area contributed by atoms with Crippen molar-refractivity contribution in [3.05, 3.63) is 21.3 Å². The molecule has 70 valence electrons. The number of carbonyl (C=O) groups is 1. The third kappa shape index (κ3) is 1.41. The Hall–Kier alpha value is -0.380. The van der Waals surface area contributed by atoms with Crippen molar-refractivity contribution in [2.24, 2.45) is 5.41 Å². The van der Waals surface area contributed by atoms with Crippen LogP contribution in [0.25, 0.3) is 0 Å². The standard InChI is InChI=1S/C9H10ClNOS/c1-9(4-11-5-9)7(12)6-2-3-13-8(6)10/h2-3,11H,4-5H2,1H3. The van der Waals surface area contributed by atoms with E-state index in [2.05, 4.69) is 5.32 Å².